The number of aromatic hydroxyl groups is 1. The second-order valence-electron chi connectivity index (χ2n) is 10.1. The monoisotopic (exact) mass is 577 g/mol. The number of piperazine rings is 1. The minimum Gasteiger partial charge on any atom is -0.506 e. The first-order chi connectivity index (χ1) is 19.6. The van der Waals surface area contributed by atoms with Crippen LogP contribution in [0.15, 0.2) is 66.2 Å². The number of aliphatic imine (C=N–C) groups is 1. The fraction of sp³-hybridized carbons (Fsp3) is 0.290. The van der Waals surface area contributed by atoms with Crippen molar-refractivity contribution >= 4 is 41.3 Å². The number of hydrogen-bond acceptors (Lipinski definition) is 5. The van der Waals surface area contributed by atoms with Gasteiger partial charge in [0, 0.05) is 38.3 Å². The van der Waals surface area contributed by atoms with Crippen molar-refractivity contribution in [1.82, 2.24) is 14.8 Å². The Hall–Kier alpha value is -4.24. The van der Waals surface area contributed by atoms with Gasteiger partial charge in [-0.3, -0.25) is 19.5 Å². The molecule has 1 aliphatic heterocycles. The number of rotatable bonds is 7. The van der Waals surface area contributed by atoms with E-state index in [4.69, 9.17) is 16.6 Å². The van der Waals surface area contributed by atoms with E-state index in [2.05, 4.69) is 11.6 Å². The Balaban J connectivity index is 1.95. The maximum absolute atomic E-state index is 14.9. The Morgan fingerprint density at radius 1 is 1.24 bits per heavy atom. The topological polar surface area (TPSA) is 89.3 Å². The fourth-order valence-corrected chi connectivity index (χ4v) is 5.41. The molecule has 1 saturated heterocycles. The standard InChI is InChI=1S/C31H33ClFN5O3/c1-6-27(41)36-14-15-37(20(4)17-36)30(34-5)23-16-24(32)28(22-10-7-8-12-25(22)33)35-31(23)38(18-39)29-21(19(2)3)11-9-13-26(29)40/h6-13,16,18-20,40H,1,14-15,17H2,2-5H3. The summed E-state index contributed by atoms with van der Waals surface area (Å²) in [6, 6.07) is 12.6. The molecule has 2 aromatic carbocycles. The van der Waals surface area contributed by atoms with E-state index in [9.17, 15) is 19.1 Å². The number of anilines is 2. The molecule has 0 saturated carbocycles. The highest BCUT2D eigenvalue weighted by molar-refractivity contribution is 6.33. The zero-order chi connectivity index (χ0) is 29.8. The van der Waals surface area contributed by atoms with Crippen molar-refractivity contribution in [2.75, 3.05) is 31.6 Å². The van der Waals surface area contributed by atoms with E-state index >= 15 is 0 Å². The Labute approximate surface area is 244 Å². The third-order valence-electron chi connectivity index (χ3n) is 7.17. The van der Waals surface area contributed by atoms with Gasteiger partial charge < -0.3 is 14.9 Å². The number of carbonyl (C=O) groups is 2. The lowest BCUT2D eigenvalue weighted by atomic mass is 9.99. The van der Waals surface area contributed by atoms with Crippen molar-refractivity contribution < 1.29 is 19.1 Å². The lowest BCUT2D eigenvalue weighted by Crippen LogP contribution is -2.55. The molecular weight excluding hydrogens is 545 g/mol. The summed E-state index contributed by atoms with van der Waals surface area (Å²) in [6.45, 7) is 10.8. The summed E-state index contributed by atoms with van der Waals surface area (Å²) >= 11 is 6.75. The van der Waals surface area contributed by atoms with Gasteiger partial charge in [-0.2, -0.15) is 0 Å². The molecule has 214 valence electrons. The fourth-order valence-electron chi connectivity index (χ4n) is 5.16. The molecule has 4 rings (SSSR count). The van der Waals surface area contributed by atoms with Crippen LogP contribution < -0.4 is 4.90 Å². The van der Waals surface area contributed by atoms with Crippen LogP contribution in [0.3, 0.4) is 0 Å². The number of nitrogens with zero attached hydrogens (tertiary/aromatic N) is 5. The van der Waals surface area contributed by atoms with Crippen LogP contribution >= 0.6 is 11.6 Å². The number of amidine groups is 1. The molecule has 0 aliphatic carbocycles. The van der Waals surface area contributed by atoms with Gasteiger partial charge in [-0.15, -0.1) is 0 Å². The van der Waals surface area contributed by atoms with Crippen LogP contribution in [-0.4, -0.2) is 70.8 Å². The molecule has 1 atom stereocenters. The smallest absolute Gasteiger partial charge is 0.246 e. The molecule has 10 heteroatoms. The minimum atomic E-state index is -0.523. The average molecular weight is 578 g/mol. The van der Waals surface area contributed by atoms with Crippen molar-refractivity contribution in [3.05, 3.63) is 83.2 Å². The molecule has 0 radical (unpaired) electrons. The van der Waals surface area contributed by atoms with Gasteiger partial charge in [0.2, 0.25) is 12.3 Å². The van der Waals surface area contributed by atoms with Crippen LogP contribution in [0.5, 0.6) is 5.75 Å². The molecule has 8 nitrogen and oxygen atoms in total. The number of hydrogen-bond donors (Lipinski definition) is 1. The van der Waals surface area contributed by atoms with Crippen LogP contribution in [0.2, 0.25) is 5.02 Å². The number of carbonyl (C=O) groups excluding carboxylic acids is 2. The van der Waals surface area contributed by atoms with Crippen LogP contribution in [-0.2, 0) is 9.59 Å². The summed E-state index contributed by atoms with van der Waals surface area (Å²) in [4.78, 5) is 39.4. The van der Waals surface area contributed by atoms with E-state index in [0.29, 0.717) is 43.0 Å². The van der Waals surface area contributed by atoms with Crippen LogP contribution in [0.1, 0.15) is 37.8 Å². The van der Waals surface area contributed by atoms with Crippen LogP contribution in [0.4, 0.5) is 15.9 Å². The predicted molar refractivity (Wildman–Crippen MR) is 160 cm³/mol. The molecule has 2 amide bonds. The van der Waals surface area contributed by atoms with Gasteiger partial charge in [0.1, 0.15) is 17.4 Å². The highest BCUT2D eigenvalue weighted by Gasteiger charge is 2.32. The highest BCUT2D eigenvalue weighted by atomic mass is 35.5. The summed E-state index contributed by atoms with van der Waals surface area (Å²) in [7, 11) is 1.62. The normalized spacial score (nSPS) is 15.7. The summed E-state index contributed by atoms with van der Waals surface area (Å²) in [5, 5.41) is 11.1. The maximum atomic E-state index is 14.9. The quantitative estimate of drug-likeness (QED) is 0.167. The van der Waals surface area contributed by atoms with Crippen LogP contribution in [0, 0.1) is 5.82 Å². The number of phenols is 1. The largest absolute Gasteiger partial charge is 0.506 e. The Morgan fingerprint density at radius 3 is 2.59 bits per heavy atom. The highest BCUT2D eigenvalue weighted by Crippen LogP contribution is 2.42. The van der Waals surface area contributed by atoms with Crippen molar-refractivity contribution in [3.8, 4) is 17.0 Å². The molecule has 3 aromatic rings. The third-order valence-corrected chi connectivity index (χ3v) is 7.45. The van der Waals surface area contributed by atoms with E-state index in [1.165, 1.54) is 23.1 Å². The average Bonchev–Trinajstić information content (AvgIpc) is 2.96. The number of para-hydroxylation sites is 1. The molecule has 2 heterocycles. The number of phenolic OH excluding ortho intramolecular Hbond substituents is 1. The van der Waals surface area contributed by atoms with Crippen molar-refractivity contribution in [3.63, 3.8) is 0 Å². The van der Waals surface area contributed by atoms with Gasteiger partial charge in [0.25, 0.3) is 0 Å². The maximum Gasteiger partial charge on any atom is 0.246 e. The lowest BCUT2D eigenvalue weighted by Gasteiger charge is -2.41. The molecule has 1 N–H and O–H groups in total. The molecule has 41 heavy (non-hydrogen) atoms. The number of aromatic nitrogens is 1. The summed E-state index contributed by atoms with van der Waals surface area (Å²) in [6.07, 6.45) is 1.87. The lowest BCUT2D eigenvalue weighted by molar-refractivity contribution is -0.128. The summed E-state index contributed by atoms with van der Waals surface area (Å²) < 4.78 is 14.9. The number of amides is 2. The van der Waals surface area contributed by atoms with Gasteiger partial charge in [0.15, 0.2) is 5.82 Å². The zero-order valence-corrected chi connectivity index (χ0v) is 24.3. The van der Waals surface area contributed by atoms with Crippen molar-refractivity contribution in [2.45, 2.75) is 32.7 Å². The predicted octanol–water partition coefficient (Wildman–Crippen LogP) is 5.76. The molecule has 1 aromatic heterocycles. The Morgan fingerprint density at radius 2 is 1.98 bits per heavy atom. The summed E-state index contributed by atoms with van der Waals surface area (Å²) in [5.41, 5.74) is 1.70. The van der Waals surface area contributed by atoms with Gasteiger partial charge in [-0.1, -0.05) is 56.3 Å². The van der Waals surface area contributed by atoms with Crippen molar-refractivity contribution in [1.29, 1.82) is 0 Å². The zero-order valence-electron chi connectivity index (χ0n) is 23.5. The molecule has 1 unspecified atom stereocenters. The number of benzene rings is 2. The van der Waals surface area contributed by atoms with E-state index in [-0.39, 0.29) is 51.4 Å². The van der Waals surface area contributed by atoms with Gasteiger partial charge in [-0.25, -0.2) is 9.37 Å². The molecule has 0 spiro atoms. The number of halogens is 2. The third kappa shape index (κ3) is 5.81. The van der Waals surface area contributed by atoms with E-state index < -0.39 is 5.82 Å². The summed E-state index contributed by atoms with van der Waals surface area (Å²) in [5.74, 6) is -0.220. The van der Waals surface area contributed by atoms with E-state index in [1.807, 2.05) is 31.7 Å². The second kappa shape index (κ2) is 12.5. The molecule has 0 bridgehead atoms. The SMILES string of the molecule is C=CC(=O)N1CCN(C(=NC)c2cc(Cl)c(-c3ccccc3F)nc2N(C=O)c2c(O)cccc2C(C)C)C(C)C1. The first-order valence-electron chi connectivity index (χ1n) is 13.3. The van der Waals surface area contributed by atoms with Crippen molar-refractivity contribution in [2.24, 2.45) is 4.99 Å². The molecule has 1 fully saturated rings. The van der Waals surface area contributed by atoms with Gasteiger partial charge >= 0.3 is 0 Å². The Kier molecular flexibility index (Phi) is 9.08. The van der Waals surface area contributed by atoms with Gasteiger partial charge in [0.05, 0.1) is 22.0 Å². The number of pyridine rings is 1. The minimum absolute atomic E-state index is 0.0452. The van der Waals surface area contributed by atoms with E-state index in [0.717, 1.165) is 0 Å². The Bertz CT molecular complexity index is 1510. The molecule has 1 aliphatic rings. The van der Waals surface area contributed by atoms with Crippen LogP contribution in [0.25, 0.3) is 11.3 Å². The van der Waals surface area contributed by atoms with Gasteiger partial charge in [-0.05, 0) is 48.7 Å². The first kappa shape index (κ1) is 29.7. The van der Waals surface area contributed by atoms with E-state index in [1.54, 1.807) is 42.3 Å². The molecular formula is C31H33ClFN5O3. The second-order valence-corrected chi connectivity index (χ2v) is 10.5. The first-order valence-corrected chi connectivity index (χ1v) is 13.7.